The summed E-state index contributed by atoms with van der Waals surface area (Å²) in [5.74, 6) is -0.593. The highest BCUT2D eigenvalue weighted by atomic mass is 16.2. The maximum atomic E-state index is 12.6. The van der Waals surface area contributed by atoms with Gasteiger partial charge in [0.2, 0.25) is 5.91 Å². The van der Waals surface area contributed by atoms with Gasteiger partial charge in [-0.2, -0.15) is 0 Å². The molecule has 4 nitrogen and oxygen atoms in total. The van der Waals surface area contributed by atoms with E-state index in [1.165, 1.54) is 6.92 Å². The average molecular weight is 271 g/mol. The molecule has 4 heteroatoms. The molecule has 1 amide bonds. The minimum Gasteiger partial charge on any atom is -0.315 e. The van der Waals surface area contributed by atoms with Gasteiger partial charge in [0.15, 0.2) is 0 Å². The first-order valence-electron chi connectivity index (χ1n) is 6.88. The monoisotopic (exact) mass is 271 g/mol. The zero-order valence-corrected chi connectivity index (χ0v) is 11.7. The molecule has 0 radical (unpaired) electrons. The van der Waals surface area contributed by atoms with Crippen LogP contribution in [0.15, 0.2) is 24.3 Å². The minimum absolute atomic E-state index is 0.0103. The number of anilines is 1. The Balaban J connectivity index is 2.28. The largest absolute Gasteiger partial charge is 0.315 e. The lowest BCUT2D eigenvalue weighted by Gasteiger charge is -2.47. The Bertz CT molecular complexity index is 622. The highest BCUT2D eigenvalue weighted by molar-refractivity contribution is 6.09. The molecule has 1 fully saturated rings. The molecule has 0 N–H and O–H groups in total. The molecule has 1 aliphatic carbocycles. The second-order valence-corrected chi connectivity index (χ2v) is 5.74. The van der Waals surface area contributed by atoms with Gasteiger partial charge in [-0.05, 0) is 25.0 Å². The van der Waals surface area contributed by atoms with E-state index in [0.29, 0.717) is 12.8 Å². The van der Waals surface area contributed by atoms with E-state index < -0.39 is 11.3 Å². The molecule has 2 aliphatic rings. The lowest BCUT2D eigenvalue weighted by atomic mass is 9.58. The molecule has 1 aromatic rings. The Kier molecular flexibility index (Phi) is 2.78. The van der Waals surface area contributed by atoms with Crippen LogP contribution < -0.4 is 4.90 Å². The average Bonchev–Trinajstić information content (AvgIpc) is 2.44. The van der Waals surface area contributed by atoms with Crippen LogP contribution in [-0.4, -0.2) is 24.5 Å². The van der Waals surface area contributed by atoms with Crippen molar-refractivity contribution in [1.29, 1.82) is 0 Å². The van der Waals surface area contributed by atoms with E-state index in [0.717, 1.165) is 11.3 Å². The predicted octanol–water partition coefficient (Wildman–Crippen LogP) is 1.86. The molecule has 20 heavy (non-hydrogen) atoms. The first-order chi connectivity index (χ1) is 9.48. The highest BCUT2D eigenvalue weighted by Crippen LogP contribution is 2.50. The predicted molar refractivity (Wildman–Crippen MR) is 74.6 cm³/mol. The molecule has 3 rings (SSSR count). The van der Waals surface area contributed by atoms with Crippen molar-refractivity contribution in [2.75, 3.05) is 11.9 Å². The summed E-state index contributed by atoms with van der Waals surface area (Å²) < 4.78 is 0. The number of benzene rings is 1. The van der Waals surface area contributed by atoms with Crippen molar-refractivity contribution in [1.82, 2.24) is 0 Å². The van der Waals surface area contributed by atoms with Crippen LogP contribution in [0.2, 0.25) is 0 Å². The summed E-state index contributed by atoms with van der Waals surface area (Å²) in [5, 5.41) is 0. The van der Waals surface area contributed by atoms with Gasteiger partial charge in [0.05, 0.1) is 11.3 Å². The first kappa shape index (κ1) is 13.0. The summed E-state index contributed by atoms with van der Waals surface area (Å²) in [4.78, 5) is 38.3. The number of carbonyl (C=O) groups is 3. The minimum atomic E-state index is -0.811. The standard InChI is InChI=1S/C16H17NO3/c1-10(18)16-8-7-11(19)9-13(16)15(20)17(2)14-6-4-3-5-12(14)16/h3-6,13H,7-9H2,1-2H3/t13-,16-/m1/s1. The van der Waals surface area contributed by atoms with Gasteiger partial charge >= 0.3 is 0 Å². The van der Waals surface area contributed by atoms with Crippen molar-refractivity contribution in [3.8, 4) is 0 Å². The summed E-state index contributed by atoms with van der Waals surface area (Å²) in [6.07, 6.45) is 1.00. The molecule has 104 valence electrons. The van der Waals surface area contributed by atoms with Gasteiger partial charge < -0.3 is 4.90 Å². The van der Waals surface area contributed by atoms with Crippen molar-refractivity contribution in [3.63, 3.8) is 0 Å². The summed E-state index contributed by atoms with van der Waals surface area (Å²) in [7, 11) is 1.71. The van der Waals surface area contributed by atoms with Crippen molar-refractivity contribution in [2.45, 2.75) is 31.6 Å². The maximum Gasteiger partial charge on any atom is 0.231 e. The molecule has 1 saturated carbocycles. The summed E-state index contributed by atoms with van der Waals surface area (Å²) in [5.41, 5.74) is 0.874. The number of amides is 1. The number of rotatable bonds is 1. The number of hydrogen-bond donors (Lipinski definition) is 0. The van der Waals surface area contributed by atoms with E-state index >= 15 is 0 Å². The van der Waals surface area contributed by atoms with E-state index in [4.69, 9.17) is 0 Å². The van der Waals surface area contributed by atoms with Crippen LogP contribution >= 0.6 is 0 Å². The molecule has 1 aromatic carbocycles. The van der Waals surface area contributed by atoms with E-state index in [1.54, 1.807) is 11.9 Å². The van der Waals surface area contributed by atoms with Crippen LogP contribution in [0.5, 0.6) is 0 Å². The number of hydrogen-bond acceptors (Lipinski definition) is 3. The molecule has 0 saturated heterocycles. The van der Waals surface area contributed by atoms with Crippen LogP contribution in [0.4, 0.5) is 5.69 Å². The first-order valence-corrected chi connectivity index (χ1v) is 6.88. The molecule has 0 unspecified atom stereocenters. The van der Waals surface area contributed by atoms with Gasteiger partial charge in [-0.15, -0.1) is 0 Å². The zero-order chi connectivity index (χ0) is 14.5. The van der Waals surface area contributed by atoms with Crippen molar-refractivity contribution < 1.29 is 14.4 Å². The molecular formula is C16H17NO3. The molecular weight excluding hydrogens is 254 g/mol. The fourth-order valence-electron chi connectivity index (χ4n) is 3.74. The Morgan fingerprint density at radius 3 is 2.70 bits per heavy atom. The van der Waals surface area contributed by atoms with Crippen LogP contribution in [0.25, 0.3) is 0 Å². The molecule has 0 aromatic heterocycles. The molecule has 0 bridgehead atoms. The molecule has 1 heterocycles. The van der Waals surface area contributed by atoms with Crippen LogP contribution in [0.3, 0.4) is 0 Å². The third kappa shape index (κ3) is 1.51. The van der Waals surface area contributed by atoms with Crippen molar-refractivity contribution in [3.05, 3.63) is 29.8 Å². The zero-order valence-electron chi connectivity index (χ0n) is 11.7. The smallest absolute Gasteiger partial charge is 0.231 e. The molecule has 0 spiro atoms. The van der Waals surface area contributed by atoms with E-state index in [2.05, 4.69) is 0 Å². The Morgan fingerprint density at radius 1 is 1.30 bits per heavy atom. The van der Waals surface area contributed by atoms with Gasteiger partial charge in [0, 0.05) is 25.6 Å². The van der Waals surface area contributed by atoms with E-state index in [-0.39, 0.29) is 23.9 Å². The SMILES string of the molecule is CC(=O)[C@@]12CCC(=O)C[C@@H]1C(=O)N(C)c1ccccc12. The third-order valence-electron chi connectivity index (χ3n) is 4.83. The van der Waals surface area contributed by atoms with E-state index in [9.17, 15) is 14.4 Å². The van der Waals surface area contributed by atoms with Crippen molar-refractivity contribution >= 4 is 23.2 Å². The third-order valence-corrected chi connectivity index (χ3v) is 4.83. The fraction of sp³-hybridized carbons (Fsp3) is 0.438. The van der Waals surface area contributed by atoms with Gasteiger partial charge in [0.1, 0.15) is 11.6 Å². The van der Waals surface area contributed by atoms with Crippen molar-refractivity contribution in [2.24, 2.45) is 5.92 Å². The van der Waals surface area contributed by atoms with Gasteiger partial charge in [-0.25, -0.2) is 0 Å². The van der Waals surface area contributed by atoms with Crippen LogP contribution in [-0.2, 0) is 19.8 Å². The summed E-state index contributed by atoms with van der Waals surface area (Å²) in [6.45, 7) is 1.54. The molecule has 1 aliphatic heterocycles. The number of fused-ring (bicyclic) bond motifs is 3. The quantitative estimate of drug-likeness (QED) is 0.783. The number of para-hydroxylation sites is 1. The van der Waals surface area contributed by atoms with Gasteiger partial charge in [-0.1, -0.05) is 18.2 Å². The fourth-order valence-corrected chi connectivity index (χ4v) is 3.74. The second kappa shape index (κ2) is 4.27. The lowest BCUT2D eigenvalue weighted by molar-refractivity contribution is -0.140. The Labute approximate surface area is 117 Å². The number of ketones is 2. The maximum absolute atomic E-state index is 12.6. The normalized spacial score (nSPS) is 28.9. The van der Waals surface area contributed by atoms with E-state index in [1.807, 2.05) is 24.3 Å². The van der Waals surface area contributed by atoms with Crippen LogP contribution in [0, 0.1) is 5.92 Å². The second-order valence-electron chi connectivity index (χ2n) is 5.74. The van der Waals surface area contributed by atoms with Gasteiger partial charge in [-0.3, -0.25) is 14.4 Å². The van der Waals surface area contributed by atoms with Crippen LogP contribution in [0.1, 0.15) is 31.7 Å². The number of Topliss-reactive ketones (excluding diaryl/α,β-unsaturated/α-hetero) is 2. The number of nitrogens with zero attached hydrogens (tertiary/aromatic N) is 1. The topological polar surface area (TPSA) is 54.5 Å². The van der Waals surface area contributed by atoms with Gasteiger partial charge in [0.25, 0.3) is 0 Å². The molecule has 2 atom stereocenters. The Hall–Kier alpha value is -1.97. The summed E-state index contributed by atoms with van der Waals surface area (Å²) >= 11 is 0. The Morgan fingerprint density at radius 2 is 2.00 bits per heavy atom. The summed E-state index contributed by atoms with van der Waals surface area (Å²) in [6, 6.07) is 7.54. The lowest BCUT2D eigenvalue weighted by Crippen LogP contribution is -2.56. The number of carbonyl (C=O) groups excluding carboxylic acids is 3. The highest BCUT2D eigenvalue weighted by Gasteiger charge is 2.56.